The maximum absolute atomic E-state index is 12.7. The van der Waals surface area contributed by atoms with E-state index < -0.39 is 16.1 Å². The smallest absolute Gasteiger partial charge is 0.241 e. The fourth-order valence-electron chi connectivity index (χ4n) is 3.03. The summed E-state index contributed by atoms with van der Waals surface area (Å²) in [6, 6.07) is 11.4. The van der Waals surface area contributed by atoms with Crippen molar-refractivity contribution < 1.29 is 22.7 Å². The van der Waals surface area contributed by atoms with Gasteiger partial charge in [0.25, 0.3) is 0 Å². The topological polar surface area (TPSA) is 84.9 Å². The molecule has 1 aliphatic heterocycles. The normalized spacial score (nSPS) is 17.2. The van der Waals surface area contributed by atoms with E-state index in [1.807, 2.05) is 31.2 Å². The van der Waals surface area contributed by atoms with Crippen LogP contribution in [0.25, 0.3) is 0 Å². The van der Waals surface area contributed by atoms with Gasteiger partial charge in [-0.3, -0.25) is 4.79 Å². The van der Waals surface area contributed by atoms with Crippen molar-refractivity contribution in [3.8, 4) is 11.5 Å². The molecule has 1 N–H and O–H groups in total. The van der Waals surface area contributed by atoms with E-state index in [9.17, 15) is 13.2 Å². The van der Waals surface area contributed by atoms with Crippen LogP contribution in [0.2, 0.25) is 0 Å². The second-order valence-corrected chi connectivity index (χ2v) is 8.09. The monoisotopic (exact) mass is 390 g/mol. The van der Waals surface area contributed by atoms with Gasteiger partial charge in [0.1, 0.15) is 0 Å². The minimum atomic E-state index is -3.80. The zero-order valence-electron chi connectivity index (χ0n) is 15.4. The number of rotatable bonds is 6. The number of carbonyl (C=O) groups excluding carboxylic acids is 1. The molecule has 2 aromatic rings. The zero-order chi connectivity index (χ0) is 19.6. The van der Waals surface area contributed by atoms with Crippen LogP contribution in [-0.2, 0) is 14.8 Å². The lowest BCUT2D eigenvalue weighted by atomic mass is 10.2. The van der Waals surface area contributed by atoms with Crippen LogP contribution < -0.4 is 19.1 Å². The predicted octanol–water partition coefficient (Wildman–Crippen LogP) is 2.10. The van der Waals surface area contributed by atoms with Crippen LogP contribution in [0.5, 0.6) is 11.5 Å². The third kappa shape index (κ3) is 4.06. The van der Waals surface area contributed by atoms with Crippen molar-refractivity contribution in [2.24, 2.45) is 0 Å². The summed E-state index contributed by atoms with van der Waals surface area (Å²) in [7, 11) is -0.880. The number of amides is 1. The molecule has 0 bridgehead atoms. The molecule has 8 heteroatoms. The number of aryl methyl sites for hydroxylation is 1. The fraction of sp³-hybridized carbons (Fsp3) is 0.316. The molecular formula is C19H22N2O5S. The highest BCUT2D eigenvalue weighted by Gasteiger charge is 2.33. The first kappa shape index (κ1) is 19.2. The van der Waals surface area contributed by atoms with Crippen LogP contribution in [0.3, 0.4) is 0 Å². The van der Waals surface area contributed by atoms with Crippen LogP contribution in [0.4, 0.5) is 5.69 Å². The molecule has 0 aromatic heterocycles. The first-order chi connectivity index (χ1) is 12.8. The van der Waals surface area contributed by atoms with Crippen molar-refractivity contribution in [2.45, 2.75) is 24.3 Å². The lowest BCUT2D eigenvalue weighted by molar-refractivity contribution is -0.117. The Bertz CT molecular complexity index is 941. The molecule has 3 rings (SSSR count). The maximum Gasteiger partial charge on any atom is 0.241 e. The standard InChI is InChI=1S/C19H22N2O5S/c1-13-4-6-15(7-5-13)21-12-14(10-19(21)22)20-27(23,24)16-8-9-17(25-2)18(11-16)26-3/h4-9,11,14,20H,10,12H2,1-3H3/t14-/m1/s1. The lowest BCUT2D eigenvalue weighted by Crippen LogP contribution is -2.37. The molecule has 1 saturated heterocycles. The van der Waals surface area contributed by atoms with Crippen LogP contribution in [0, 0.1) is 6.92 Å². The van der Waals surface area contributed by atoms with Crippen molar-refractivity contribution in [1.82, 2.24) is 4.72 Å². The minimum Gasteiger partial charge on any atom is -0.493 e. The van der Waals surface area contributed by atoms with E-state index in [4.69, 9.17) is 9.47 Å². The predicted molar refractivity (Wildman–Crippen MR) is 102 cm³/mol. The number of sulfonamides is 1. The average molecular weight is 390 g/mol. The number of ether oxygens (including phenoxy) is 2. The SMILES string of the molecule is COc1ccc(S(=O)(=O)N[C@@H]2CC(=O)N(c3ccc(C)cc3)C2)cc1OC. The molecule has 7 nitrogen and oxygen atoms in total. The van der Waals surface area contributed by atoms with Crippen LogP contribution in [0.1, 0.15) is 12.0 Å². The maximum atomic E-state index is 12.7. The number of methoxy groups -OCH3 is 2. The molecule has 0 spiro atoms. The third-order valence-electron chi connectivity index (χ3n) is 4.46. The summed E-state index contributed by atoms with van der Waals surface area (Å²) >= 11 is 0. The molecule has 0 aliphatic carbocycles. The molecule has 1 fully saturated rings. The molecular weight excluding hydrogens is 368 g/mol. The summed E-state index contributed by atoms with van der Waals surface area (Å²) in [5, 5.41) is 0. The highest BCUT2D eigenvalue weighted by molar-refractivity contribution is 7.89. The van der Waals surface area contributed by atoms with Gasteiger partial charge in [0.05, 0.1) is 19.1 Å². The summed E-state index contributed by atoms with van der Waals surface area (Å²) in [5.74, 6) is 0.654. The number of carbonyl (C=O) groups is 1. The van der Waals surface area contributed by atoms with Crippen LogP contribution >= 0.6 is 0 Å². The van der Waals surface area contributed by atoms with Gasteiger partial charge in [-0.2, -0.15) is 0 Å². The molecule has 2 aromatic carbocycles. The first-order valence-electron chi connectivity index (χ1n) is 8.45. The molecule has 1 aliphatic rings. The number of benzene rings is 2. The van der Waals surface area contributed by atoms with Crippen LogP contribution in [0.15, 0.2) is 47.4 Å². The summed E-state index contributed by atoms with van der Waals surface area (Å²) in [4.78, 5) is 14.0. The van der Waals surface area contributed by atoms with E-state index in [0.717, 1.165) is 11.3 Å². The van der Waals surface area contributed by atoms with Gasteiger partial charge in [0.2, 0.25) is 15.9 Å². The Kier molecular flexibility index (Phi) is 5.38. The van der Waals surface area contributed by atoms with Crippen LogP contribution in [-0.4, -0.2) is 41.1 Å². The lowest BCUT2D eigenvalue weighted by Gasteiger charge is -2.18. The zero-order valence-corrected chi connectivity index (χ0v) is 16.2. The molecule has 1 amide bonds. The van der Waals surface area contributed by atoms with Crippen molar-refractivity contribution in [2.75, 3.05) is 25.7 Å². The van der Waals surface area contributed by atoms with Gasteiger partial charge in [-0.1, -0.05) is 17.7 Å². The van der Waals surface area contributed by atoms with Gasteiger partial charge in [0.15, 0.2) is 11.5 Å². The van der Waals surface area contributed by atoms with E-state index in [1.165, 1.54) is 32.4 Å². The molecule has 0 radical (unpaired) electrons. The van der Waals surface area contributed by atoms with Crippen molar-refractivity contribution in [3.63, 3.8) is 0 Å². The van der Waals surface area contributed by atoms with Gasteiger partial charge in [-0.05, 0) is 31.2 Å². The Morgan fingerprint density at radius 2 is 1.70 bits per heavy atom. The van der Waals surface area contributed by atoms with E-state index in [2.05, 4.69) is 4.72 Å². The summed E-state index contributed by atoms with van der Waals surface area (Å²) in [5.41, 5.74) is 1.86. The van der Waals surface area contributed by atoms with Gasteiger partial charge < -0.3 is 14.4 Å². The molecule has 1 atom stereocenters. The number of hydrogen-bond acceptors (Lipinski definition) is 5. The fourth-order valence-corrected chi connectivity index (χ4v) is 4.27. The summed E-state index contributed by atoms with van der Waals surface area (Å²) in [6.07, 6.45) is 0.112. The van der Waals surface area contributed by atoms with Gasteiger partial charge >= 0.3 is 0 Å². The molecule has 0 unspecified atom stereocenters. The second-order valence-electron chi connectivity index (χ2n) is 6.38. The number of nitrogens with zero attached hydrogens (tertiary/aromatic N) is 1. The Morgan fingerprint density at radius 3 is 2.33 bits per heavy atom. The van der Waals surface area contributed by atoms with E-state index >= 15 is 0 Å². The number of hydrogen-bond donors (Lipinski definition) is 1. The number of nitrogens with one attached hydrogen (secondary N) is 1. The Labute approximate surface area is 158 Å². The van der Waals surface area contributed by atoms with Crippen molar-refractivity contribution >= 4 is 21.6 Å². The van der Waals surface area contributed by atoms with Crippen molar-refractivity contribution in [3.05, 3.63) is 48.0 Å². The summed E-state index contributed by atoms with van der Waals surface area (Å²) in [6.45, 7) is 2.25. The van der Waals surface area contributed by atoms with E-state index in [1.54, 1.807) is 4.90 Å². The molecule has 144 valence electrons. The van der Waals surface area contributed by atoms with E-state index in [0.29, 0.717) is 11.5 Å². The Balaban J connectivity index is 1.77. The highest BCUT2D eigenvalue weighted by Crippen LogP contribution is 2.30. The van der Waals surface area contributed by atoms with Crippen molar-refractivity contribution in [1.29, 1.82) is 0 Å². The van der Waals surface area contributed by atoms with Gasteiger partial charge in [0, 0.05) is 30.8 Å². The van der Waals surface area contributed by atoms with Gasteiger partial charge in [-0.25, -0.2) is 13.1 Å². The average Bonchev–Trinajstić information content (AvgIpc) is 3.01. The summed E-state index contributed by atoms with van der Waals surface area (Å²) < 4.78 is 38.3. The first-order valence-corrected chi connectivity index (χ1v) is 9.94. The third-order valence-corrected chi connectivity index (χ3v) is 5.98. The highest BCUT2D eigenvalue weighted by atomic mass is 32.2. The second kappa shape index (κ2) is 7.58. The molecule has 0 saturated carbocycles. The largest absolute Gasteiger partial charge is 0.493 e. The Morgan fingerprint density at radius 1 is 1.04 bits per heavy atom. The molecule has 1 heterocycles. The van der Waals surface area contributed by atoms with E-state index in [-0.39, 0.29) is 23.8 Å². The molecule has 27 heavy (non-hydrogen) atoms. The van der Waals surface area contributed by atoms with Gasteiger partial charge in [-0.15, -0.1) is 0 Å². The Hall–Kier alpha value is -2.58. The number of anilines is 1. The minimum absolute atomic E-state index is 0.0568. The quantitative estimate of drug-likeness (QED) is 0.816.